The molecule has 0 aliphatic rings. The van der Waals surface area contributed by atoms with Gasteiger partial charge >= 0.3 is 0 Å². The van der Waals surface area contributed by atoms with E-state index in [4.69, 9.17) is 0 Å². The van der Waals surface area contributed by atoms with Crippen LogP contribution in [0.3, 0.4) is 0 Å². The molecule has 2 nitrogen and oxygen atoms in total. The zero-order chi connectivity index (χ0) is 17.5. The van der Waals surface area contributed by atoms with Crippen LogP contribution in [0, 0.1) is 13.8 Å². The van der Waals surface area contributed by atoms with Gasteiger partial charge in [0.1, 0.15) is 0 Å². The molecular formula is C22H28N2. The van der Waals surface area contributed by atoms with Crippen LogP contribution in [-0.2, 0) is 12.8 Å². The average molecular weight is 320 g/mol. The molecule has 0 spiro atoms. The van der Waals surface area contributed by atoms with Gasteiger partial charge in [0.15, 0.2) is 0 Å². The van der Waals surface area contributed by atoms with Gasteiger partial charge in [-0.05, 0) is 31.9 Å². The number of rotatable bonds is 8. The molecule has 2 N–H and O–H groups in total. The molecule has 0 atom stereocenters. The fourth-order valence-corrected chi connectivity index (χ4v) is 2.66. The first-order valence-corrected chi connectivity index (χ1v) is 8.42. The van der Waals surface area contributed by atoms with E-state index in [0.717, 1.165) is 24.2 Å². The number of hydrogen-bond acceptors (Lipinski definition) is 2. The Morgan fingerprint density at radius 1 is 0.750 bits per heavy atom. The van der Waals surface area contributed by atoms with E-state index in [9.17, 15) is 0 Å². The van der Waals surface area contributed by atoms with Crippen molar-refractivity contribution in [2.75, 3.05) is 0 Å². The normalized spacial score (nSPS) is 10.5. The number of benzene rings is 2. The van der Waals surface area contributed by atoms with E-state index >= 15 is 0 Å². The number of allylic oxidation sites excluding steroid dienone is 2. The quantitative estimate of drug-likeness (QED) is 0.692. The van der Waals surface area contributed by atoms with Crippen LogP contribution in [0.15, 0.2) is 73.1 Å². The Kier molecular flexibility index (Phi) is 6.25. The summed E-state index contributed by atoms with van der Waals surface area (Å²) in [6.45, 7) is 14.5. The van der Waals surface area contributed by atoms with Gasteiger partial charge in [0, 0.05) is 24.2 Å². The van der Waals surface area contributed by atoms with Crippen molar-refractivity contribution in [2.24, 2.45) is 0 Å². The van der Waals surface area contributed by atoms with Crippen molar-refractivity contribution in [2.45, 2.75) is 39.8 Å². The van der Waals surface area contributed by atoms with Crippen LogP contribution in [0.4, 0.5) is 0 Å². The molecule has 0 saturated heterocycles. The Bertz CT molecular complexity index is 619. The van der Waals surface area contributed by atoms with Crippen molar-refractivity contribution in [3.8, 4) is 0 Å². The van der Waals surface area contributed by atoms with E-state index in [0.29, 0.717) is 0 Å². The van der Waals surface area contributed by atoms with Crippen molar-refractivity contribution in [3.05, 3.63) is 95.3 Å². The molecule has 2 aromatic carbocycles. The average Bonchev–Trinajstić information content (AvgIpc) is 2.51. The van der Waals surface area contributed by atoms with E-state index in [1.54, 1.807) is 0 Å². The van der Waals surface area contributed by atoms with Crippen LogP contribution in [0.25, 0.3) is 0 Å². The zero-order valence-corrected chi connectivity index (χ0v) is 15.0. The molecule has 0 aromatic heterocycles. The standard InChI is InChI=1S/C22H28N2/c1-16-6-10-21(11-7-16)14-18(3)23-20(5)24-19(4)15-22-12-8-17(2)9-13-22/h6-13,20,23-24H,3-4,14-15H2,1-2,5H3. The van der Waals surface area contributed by atoms with Crippen LogP contribution >= 0.6 is 0 Å². The summed E-state index contributed by atoms with van der Waals surface area (Å²) in [7, 11) is 0. The van der Waals surface area contributed by atoms with Gasteiger partial charge in [0.25, 0.3) is 0 Å². The van der Waals surface area contributed by atoms with Crippen molar-refractivity contribution in [1.82, 2.24) is 10.6 Å². The molecule has 0 amide bonds. The third-order valence-electron chi connectivity index (χ3n) is 3.92. The third-order valence-corrected chi connectivity index (χ3v) is 3.92. The van der Waals surface area contributed by atoms with E-state index in [1.807, 2.05) is 0 Å². The maximum atomic E-state index is 4.13. The van der Waals surface area contributed by atoms with E-state index in [-0.39, 0.29) is 6.17 Å². The molecule has 126 valence electrons. The summed E-state index contributed by atoms with van der Waals surface area (Å²) < 4.78 is 0. The number of aryl methyl sites for hydroxylation is 2. The second-order valence-electron chi connectivity index (χ2n) is 6.54. The van der Waals surface area contributed by atoms with Gasteiger partial charge in [-0.15, -0.1) is 0 Å². The van der Waals surface area contributed by atoms with Crippen LogP contribution in [0.5, 0.6) is 0 Å². The molecule has 0 fully saturated rings. The van der Waals surface area contributed by atoms with Gasteiger partial charge in [-0.2, -0.15) is 0 Å². The first-order valence-electron chi connectivity index (χ1n) is 8.42. The molecule has 2 heteroatoms. The number of nitrogens with one attached hydrogen (secondary N) is 2. The van der Waals surface area contributed by atoms with Crippen molar-refractivity contribution in [1.29, 1.82) is 0 Å². The Hall–Kier alpha value is -2.48. The lowest BCUT2D eigenvalue weighted by atomic mass is 10.1. The maximum Gasteiger partial charge on any atom is 0.0929 e. The molecule has 0 heterocycles. The summed E-state index contributed by atoms with van der Waals surface area (Å²) in [4.78, 5) is 0. The summed E-state index contributed by atoms with van der Waals surface area (Å²) in [5.74, 6) is 0. The highest BCUT2D eigenvalue weighted by Crippen LogP contribution is 2.09. The topological polar surface area (TPSA) is 24.1 Å². The highest BCUT2D eigenvalue weighted by Gasteiger charge is 2.05. The Balaban J connectivity index is 1.78. The summed E-state index contributed by atoms with van der Waals surface area (Å²) in [6.07, 6.45) is 1.76. The SMILES string of the molecule is C=C(Cc1ccc(C)cc1)NC(C)NC(=C)Cc1ccc(C)cc1. The second kappa shape index (κ2) is 8.39. The fourth-order valence-electron chi connectivity index (χ4n) is 2.66. The minimum atomic E-state index is 0.0981. The maximum absolute atomic E-state index is 4.13. The lowest BCUT2D eigenvalue weighted by Crippen LogP contribution is -2.39. The van der Waals surface area contributed by atoms with Crippen molar-refractivity contribution < 1.29 is 0 Å². The molecule has 2 rings (SSSR count). The monoisotopic (exact) mass is 320 g/mol. The molecule has 2 aromatic rings. The molecule has 0 aliphatic carbocycles. The minimum Gasteiger partial charge on any atom is -0.369 e. The Labute approximate surface area is 146 Å². The highest BCUT2D eigenvalue weighted by molar-refractivity contribution is 5.26. The first-order chi connectivity index (χ1) is 11.4. The summed E-state index contributed by atoms with van der Waals surface area (Å²) >= 11 is 0. The Morgan fingerprint density at radius 2 is 1.08 bits per heavy atom. The molecule has 0 aliphatic heterocycles. The van der Waals surface area contributed by atoms with Crippen LogP contribution < -0.4 is 10.6 Å². The molecule has 0 bridgehead atoms. The van der Waals surface area contributed by atoms with Crippen LogP contribution in [0.1, 0.15) is 29.2 Å². The molecule has 24 heavy (non-hydrogen) atoms. The van der Waals surface area contributed by atoms with E-state index in [1.165, 1.54) is 22.3 Å². The fraction of sp³-hybridized carbons (Fsp3) is 0.273. The molecule has 0 saturated carbocycles. The Morgan fingerprint density at radius 3 is 1.42 bits per heavy atom. The molecular weight excluding hydrogens is 292 g/mol. The van der Waals surface area contributed by atoms with Crippen LogP contribution in [0.2, 0.25) is 0 Å². The lowest BCUT2D eigenvalue weighted by molar-refractivity contribution is 0.532. The van der Waals surface area contributed by atoms with E-state index in [2.05, 4.69) is 93.1 Å². The zero-order valence-electron chi connectivity index (χ0n) is 15.0. The predicted molar refractivity (Wildman–Crippen MR) is 104 cm³/mol. The van der Waals surface area contributed by atoms with Gasteiger partial charge in [-0.3, -0.25) is 0 Å². The first kappa shape index (κ1) is 17.9. The van der Waals surface area contributed by atoms with E-state index < -0.39 is 0 Å². The smallest absolute Gasteiger partial charge is 0.0929 e. The van der Waals surface area contributed by atoms with Gasteiger partial charge in [0.05, 0.1) is 6.17 Å². The summed E-state index contributed by atoms with van der Waals surface area (Å²) in [5.41, 5.74) is 7.09. The number of hydrogen-bond donors (Lipinski definition) is 2. The van der Waals surface area contributed by atoms with Gasteiger partial charge < -0.3 is 10.6 Å². The van der Waals surface area contributed by atoms with Crippen molar-refractivity contribution >= 4 is 0 Å². The third kappa shape index (κ3) is 5.96. The van der Waals surface area contributed by atoms with Gasteiger partial charge in [-0.25, -0.2) is 0 Å². The molecule has 0 radical (unpaired) electrons. The predicted octanol–water partition coefficient (Wildman–Crippen LogP) is 4.64. The van der Waals surface area contributed by atoms with Gasteiger partial charge in [0.2, 0.25) is 0 Å². The summed E-state index contributed by atoms with van der Waals surface area (Å²) in [6, 6.07) is 17.1. The lowest BCUT2D eigenvalue weighted by Gasteiger charge is -2.21. The summed E-state index contributed by atoms with van der Waals surface area (Å²) in [5, 5.41) is 6.80. The highest BCUT2D eigenvalue weighted by atomic mass is 15.1. The largest absolute Gasteiger partial charge is 0.369 e. The molecule has 0 unspecified atom stereocenters. The second-order valence-corrected chi connectivity index (χ2v) is 6.54. The minimum absolute atomic E-state index is 0.0981. The van der Waals surface area contributed by atoms with Crippen LogP contribution in [-0.4, -0.2) is 6.17 Å². The van der Waals surface area contributed by atoms with Crippen molar-refractivity contribution in [3.63, 3.8) is 0 Å². The van der Waals surface area contributed by atoms with Gasteiger partial charge in [-0.1, -0.05) is 72.8 Å².